The van der Waals surface area contributed by atoms with Gasteiger partial charge >= 0.3 is 5.97 Å². The molecule has 0 radical (unpaired) electrons. The summed E-state index contributed by atoms with van der Waals surface area (Å²) < 4.78 is 28.4. The van der Waals surface area contributed by atoms with E-state index in [1.165, 1.54) is 4.31 Å². The largest absolute Gasteiger partial charge is 0.480 e. The van der Waals surface area contributed by atoms with Gasteiger partial charge in [-0.2, -0.15) is 17.4 Å². The van der Waals surface area contributed by atoms with Gasteiger partial charge < -0.3 is 5.11 Å². The SMILES string of the molecule is CC(C)C[C@@H](NS(=O)(=O)N1CC(C)CC(C)C1)C(=O)O. The summed E-state index contributed by atoms with van der Waals surface area (Å²) in [5.74, 6) is -0.425. The number of carboxylic acid groups (broad SMARTS) is 1. The minimum atomic E-state index is -3.74. The predicted molar refractivity (Wildman–Crippen MR) is 77.5 cm³/mol. The molecule has 0 aromatic heterocycles. The van der Waals surface area contributed by atoms with Crippen LogP contribution < -0.4 is 4.72 Å². The summed E-state index contributed by atoms with van der Waals surface area (Å²) in [6, 6.07) is -1.06. The van der Waals surface area contributed by atoms with Gasteiger partial charge in [-0.3, -0.25) is 4.79 Å². The second-order valence-electron chi connectivity index (χ2n) is 6.41. The van der Waals surface area contributed by atoms with Crippen molar-refractivity contribution >= 4 is 16.2 Å². The molecule has 6 nitrogen and oxygen atoms in total. The Morgan fingerprint density at radius 2 is 1.80 bits per heavy atom. The van der Waals surface area contributed by atoms with Crippen LogP contribution in [0.5, 0.6) is 0 Å². The van der Waals surface area contributed by atoms with Gasteiger partial charge in [-0.1, -0.05) is 27.7 Å². The first-order chi connectivity index (χ1) is 9.11. The van der Waals surface area contributed by atoms with Crippen LogP contribution in [-0.4, -0.2) is 42.9 Å². The molecule has 7 heteroatoms. The number of rotatable bonds is 6. The summed E-state index contributed by atoms with van der Waals surface area (Å²) in [5, 5.41) is 9.14. The fraction of sp³-hybridized carbons (Fsp3) is 0.923. The number of aliphatic carboxylic acids is 1. The van der Waals surface area contributed by atoms with Crippen LogP contribution >= 0.6 is 0 Å². The molecule has 0 saturated carbocycles. The van der Waals surface area contributed by atoms with E-state index in [1.807, 2.05) is 27.7 Å². The molecule has 1 aliphatic heterocycles. The topological polar surface area (TPSA) is 86.7 Å². The third-order valence-electron chi connectivity index (χ3n) is 3.47. The molecule has 2 N–H and O–H groups in total. The van der Waals surface area contributed by atoms with Gasteiger partial charge in [0.25, 0.3) is 10.2 Å². The van der Waals surface area contributed by atoms with Crippen molar-refractivity contribution in [3.8, 4) is 0 Å². The third kappa shape index (κ3) is 5.03. The molecule has 1 heterocycles. The zero-order valence-electron chi connectivity index (χ0n) is 12.7. The molecule has 1 aliphatic rings. The molecule has 0 amide bonds. The zero-order valence-corrected chi connectivity index (χ0v) is 13.5. The van der Waals surface area contributed by atoms with Crippen LogP contribution in [0.3, 0.4) is 0 Å². The number of piperidine rings is 1. The van der Waals surface area contributed by atoms with E-state index in [-0.39, 0.29) is 12.3 Å². The van der Waals surface area contributed by atoms with Gasteiger partial charge in [0.1, 0.15) is 6.04 Å². The monoisotopic (exact) mass is 306 g/mol. The minimum Gasteiger partial charge on any atom is -0.480 e. The van der Waals surface area contributed by atoms with Crippen molar-refractivity contribution in [2.45, 2.75) is 46.6 Å². The van der Waals surface area contributed by atoms with Crippen LogP contribution in [0.1, 0.15) is 40.5 Å². The number of carbonyl (C=O) groups is 1. The summed E-state index contributed by atoms with van der Waals surface area (Å²) >= 11 is 0. The van der Waals surface area contributed by atoms with Crippen molar-refractivity contribution in [1.29, 1.82) is 0 Å². The van der Waals surface area contributed by atoms with Crippen LogP contribution in [0.4, 0.5) is 0 Å². The first kappa shape index (κ1) is 17.4. The smallest absolute Gasteiger partial charge is 0.321 e. The number of hydrogen-bond donors (Lipinski definition) is 2. The molecule has 20 heavy (non-hydrogen) atoms. The summed E-state index contributed by atoms with van der Waals surface area (Å²) in [4.78, 5) is 11.2. The van der Waals surface area contributed by atoms with Crippen molar-refractivity contribution < 1.29 is 18.3 Å². The normalized spacial score (nSPS) is 26.6. The van der Waals surface area contributed by atoms with E-state index in [2.05, 4.69) is 4.72 Å². The van der Waals surface area contributed by atoms with Crippen LogP contribution in [0.2, 0.25) is 0 Å². The lowest BCUT2D eigenvalue weighted by molar-refractivity contribution is -0.139. The molecule has 2 unspecified atom stereocenters. The number of nitrogens with zero attached hydrogens (tertiary/aromatic N) is 1. The van der Waals surface area contributed by atoms with Gasteiger partial charge in [-0.25, -0.2) is 0 Å². The molecule has 0 spiro atoms. The van der Waals surface area contributed by atoms with Crippen molar-refractivity contribution in [3.63, 3.8) is 0 Å². The molecule has 118 valence electrons. The highest BCUT2D eigenvalue weighted by Gasteiger charge is 2.33. The molecular formula is C13H26N2O4S. The Kier molecular flexibility index (Phi) is 5.97. The van der Waals surface area contributed by atoms with E-state index in [4.69, 9.17) is 5.11 Å². The van der Waals surface area contributed by atoms with E-state index >= 15 is 0 Å². The third-order valence-corrected chi connectivity index (χ3v) is 5.03. The van der Waals surface area contributed by atoms with E-state index in [1.54, 1.807) is 0 Å². The fourth-order valence-electron chi connectivity index (χ4n) is 2.73. The second-order valence-corrected chi connectivity index (χ2v) is 8.11. The van der Waals surface area contributed by atoms with Crippen LogP contribution in [-0.2, 0) is 15.0 Å². The highest BCUT2D eigenvalue weighted by molar-refractivity contribution is 7.87. The molecule has 1 fully saturated rings. The summed E-state index contributed by atoms with van der Waals surface area (Å²) in [5.41, 5.74) is 0. The van der Waals surface area contributed by atoms with Gasteiger partial charge in [0.15, 0.2) is 0 Å². The molecule has 0 bridgehead atoms. The van der Waals surface area contributed by atoms with Gasteiger partial charge in [-0.15, -0.1) is 0 Å². The highest BCUT2D eigenvalue weighted by Crippen LogP contribution is 2.23. The van der Waals surface area contributed by atoms with E-state index in [0.29, 0.717) is 24.9 Å². The van der Waals surface area contributed by atoms with Gasteiger partial charge in [0, 0.05) is 13.1 Å². The molecule has 1 rings (SSSR count). The average molecular weight is 306 g/mol. The molecule has 1 saturated heterocycles. The Morgan fingerprint density at radius 3 is 2.20 bits per heavy atom. The predicted octanol–water partition coefficient (Wildman–Crippen LogP) is 1.30. The first-order valence-electron chi connectivity index (χ1n) is 7.12. The number of carboxylic acids is 1. The standard InChI is InChI=1S/C13H26N2O4S/c1-9(2)5-12(13(16)17)14-20(18,19)15-7-10(3)6-11(4)8-15/h9-12,14H,5-8H2,1-4H3,(H,16,17)/t10?,11?,12-/m1/s1. The summed E-state index contributed by atoms with van der Waals surface area (Å²) in [6.45, 7) is 8.67. The number of hydrogen-bond acceptors (Lipinski definition) is 3. The quantitative estimate of drug-likeness (QED) is 0.774. The summed E-state index contributed by atoms with van der Waals surface area (Å²) in [7, 11) is -3.74. The molecule has 3 atom stereocenters. The Bertz CT molecular complexity index is 426. The zero-order chi connectivity index (χ0) is 15.5. The molecule has 0 aromatic rings. The second kappa shape index (κ2) is 6.87. The lowest BCUT2D eigenvalue weighted by Gasteiger charge is -2.34. The Labute approximate surface area is 121 Å². The highest BCUT2D eigenvalue weighted by atomic mass is 32.2. The summed E-state index contributed by atoms with van der Waals surface area (Å²) in [6.07, 6.45) is 1.29. The first-order valence-corrected chi connectivity index (χ1v) is 8.56. The van der Waals surface area contributed by atoms with E-state index in [0.717, 1.165) is 6.42 Å². The maximum Gasteiger partial charge on any atom is 0.321 e. The maximum atomic E-state index is 12.3. The van der Waals surface area contributed by atoms with Gasteiger partial charge in [-0.05, 0) is 30.6 Å². The molecule has 0 aliphatic carbocycles. The molecular weight excluding hydrogens is 280 g/mol. The lowest BCUT2D eigenvalue weighted by atomic mass is 9.94. The van der Waals surface area contributed by atoms with Crippen molar-refractivity contribution in [2.75, 3.05) is 13.1 Å². The van der Waals surface area contributed by atoms with Crippen molar-refractivity contribution in [3.05, 3.63) is 0 Å². The van der Waals surface area contributed by atoms with Gasteiger partial charge in [0.2, 0.25) is 0 Å². The van der Waals surface area contributed by atoms with Crippen LogP contribution in [0.25, 0.3) is 0 Å². The number of nitrogens with one attached hydrogen (secondary N) is 1. The van der Waals surface area contributed by atoms with Crippen LogP contribution in [0.15, 0.2) is 0 Å². The Balaban J connectivity index is 2.79. The fourth-order valence-corrected chi connectivity index (χ4v) is 4.33. The van der Waals surface area contributed by atoms with Gasteiger partial charge in [0.05, 0.1) is 0 Å². The van der Waals surface area contributed by atoms with E-state index < -0.39 is 22.2 Å². The maximum absolute atomic E-state index is 12.3. The lowest BCUT2D eigenvalue weighted by Crippen LogP contribution is -2.52. The van der Waals surface area contributed by atoms with Crippen molar-refractivity contribution in [2.24, 2.45) is 17.8 Å². The Morgan fingerprint density at radius 1 is 1.30 bits per heavy atom. The van der Waals surface area contributed by atoms with Crippen molar-refractivity contribution in [1.82, 2.24) is 9.03 Å². The van der Waals surface area contributed by atoms with E-state index in [9.17, 15) is 13.2 Å². The minimum absolute atomic E-state index is 0.109. The average Bonchev–Trinajstić information content (AvgIpc) is 2.25. The van der Waals surface area contributed by atoms with Crippen LogP contribution in [0, 0.1) is 17.8 Å². The Hall–Kier alpha value is -0.660. The molecule has 0 aromatic carbocycles.